The van der Waals surface area contributed by atoms with Crippen LogP contribution >= 0.6 is 0 Å². The molecule has 0 saturated carbocycles. The molecule has 0 aliphatic heterocycles. The van der Waals surface area contributed by atoms with E-state index < -0.39 is 0 Å². The average Bonchev–Trinajstić information content (AvgIpc) is 2.29. The number of amides is 1. The SMILES string of the molecule is CCCCCCNC(=O)c1ccc(C)nc1. The quantitative estimate of drug-likeness (QED) is 0.749. The third kappa shape index (κ3) is 4.43. The number of nitrogens with one attached hydrogen (secondary N) is 1. The van der Waals surface area contributed by atoms with Crippen molar-refractivity contribution in [2.75, 3.05) is 6.54 Å². The van der Waals surface area contributed by atoms with Crippen molar-refractivity contribution < 1.29 is 4.79 Å². The van der Waals surface area contributed by atoms with Crippen LogP contribution in [0.15, 0.2) is 18.3 Å². The Hall–Kier alpha value is -1.38. The predicted molar refractivity (Wildman–Crippen MR) is 65.4 cm³/mol. The number of pyridine rings is 1. The summed E-state index contributed by atoms with van der Waals surface area (Å²) in [5.74, 6) is -0.0241. The zero-order chi connectivity index (χ0) is 11.8. The first-order valence-electron chi connectivity index (χ1n) is 5.95. The number of rotatable bonds is 6. The van der Waals surface area contributed by atoms with Crippen molar-refractivity contribution in [2.24, 2.45) is 0 Å². The van der Waals surface area contributed by atoms with E-state index >= 15 is 0 Å². The van der Waals surface area contributed by atoms with Gasteiger partial charge in [0.2, 0.25) is 0 Å². The minimum absolute atomic E-state index is 0.0241. The molecule has 1 N–H and O–H groups in total. The molecule has 0 aliphatic rings. The third-order valence-electron chi connectivity index (χ3n) is 2.49. The standard InChI is InChI=1S/C13H20N2O/c1-3-4-5-6-9-14-13(16)12-8-7-11(2)15-10-12/h7-8,10H,3-6,9H2,1-2H3,(H,14,16). The van der Waals surface area contributed by atoms with Crippen molar-refractivity contribution in [1.82, 2.24) is 10.3 Å². The fraction of sp³-hybridized carbons (Fsp3) is 0.538. The Labute approximate surface area is 97.3 Å². The first-order chi connectivity index (χ1) is 7.74. The topological polar surface area (TPSA) is 42.0 Å². The van der Waals surface area contributed by atoms with Crippen LogP contribution in [-0.4, -0.2) is 17.4 Å². The molecule has 0 aliphatic carbocycles. The second kappa shape index (κ2) is 6.99. The molecule has 0 unspecified atom stereocenters. The number of nitrogens with zero attached hydrogens (tertiary/aromatic N) is 1. The number of aryl methyl sites for hydroxylation is 1. The van der Waals surface area contributed by atoms with Gasteiger partial charge in [0, 0.05) is 18.4 Å². The van der Waals surface area contributed by atoms with E-state index in [1.807, 2.05) is 19.1 Å². The van der Waals surface area contributed by atoms with Crippen LogP contribution < -0.4 is 5.32 Å². The second-order valence-corrected chi connectivity index (χ2v) is 4.00. The maximum Gasteiger partial charge on any atom is 0.252 e. The molecule has 0 fully saturated rings. The lowest BCUT2D eigenvalue weighted by Crippen LogP contribution is -2.24. The minimum atomic E-state index is -0.0241. The van der Waals surface area contributed by atoms with Crippen LogP contribution in [0.25, 0.3) is 0 Å². The molecule has 0 bridgehead atoms. The zero-order valence-electron chi connectivity index (χ0n) is 10.1. The highest BCUT2D eigenvalue weighted by Gasteiger charge is 2.03. The van der Waals surface area contributed by atoms with Crippen molar-refractivity contribution in [1.29, 1.82) is 0 Å². The maximum atomic E-state index is 11.6. The van der Waals surface area contributed by atoms with E-state index in [1.54, 1.807) is 6.20 Å². The van der Waals surface area contributed by atoms with Crippen LogP contribution in [0.2, 0.25) is 0 Å². The molecule has 0 aromatic carbocycles. The molecule has 3 heteroatoms. The summed E-state index contributed by atoms with van der Waals surface area (Å²) in [7, 11) is 0. The predicted octanol–water partition coefficient (Wildman–Crippen LogP) is 2.70. The lowest BCUT2D eigenvalue weighted by atomic mass is 10.2. The van der Waals surface area contributed by atoms with E-state index in [0.29, 0.717) is 5.56 Å². The van der Waals surface area contributed by atoms with Crippen LogP contribution in [0, 0.1) is 6.92 Å². The Bertz CT molecular complexity index is 319. The van der Waals surface area contributed by atoms with Crippen molar-refractivity contribution in [3.8, 4) is 0 Å². The molecule has 0 saturated heterocycles. The summed E-state index contributed by atoms with van der Waals surface area (Å²) in [6.07, 6.45) is 6.32. The Morgan fingerprint density at radius 3 is 2.75 bits per heavy atom. The Morgan fingerprint density at radius 2 is 2.12 bits per heavy atom. The number of unbranched alkanes of at least 4 members (excludes halogenated alkanes) is 3. The maximum absolute atomic E-state index is 11.6. The van der Waals surface area contributed by atoms with Crippen LogP contribution in [-0.2, 0) is 0 Å². The molecule has 1 heterocycles. The number of aromatic nitrogens is 1. The number of carbonyl (C=O) groups excluding carboxylic acids is 1. The van der Waals surface area contributed by atoms with Crippen molar-refractivity contribution in [3.63, 3.8) is 0 Å². The average molecular weight is 220 g/mol. The van der Waals surface area contributed by atoms with Crippen molar-refractivity contribution in [2.45, 2.75) is 39.5 Å². The van der Waals surface area contributed by atoms with Crippen LogP contribution in [0.4, 0.5) is 0 Å². The number of hydrogen-bond acceptors (Lipinski definition) is 2. The van der Waals surface area contributed by atoms with E-state index in [1.165, 1.54) is 19.3 Å². The van der Waals surface area contributed by atoms with Gasteiger partial charge < -0.3 is 5.32 Å². The molecule has 1 rings (SSSR count). The van der Waals surface area contributed by atoms with E-state index in [4.69, 9.17) is 0 Å². The van der Waals surface area contributed by atoms with Gasteiger partial charge in [-0.2, -0.15) is 0 Å². The van der Waals surface area contributed by atoms with Gasteiger partial charge in [-0.1, -0.05) is 26.2 Å². The number of hydrogen-bond donors (Lipinski definition) is 1. The highest BCUT2D eigenvalue weighted by atomic mass is 16.1. The van der Waals surface area contributed by atoms with Gasteiger partial charge in [0.05, 0.1) is 5.56 Å². The van der Waals surface area contributed by atoms with E-state index in [9.17, 15) is 4.79 Å². The van der Waals surface area contributed by atoms with Gasteiger partial charge in [-0.3, -0.25) is 9.78 Å². The molecule has 1 amide bonds. The largest absolute Gasteiger partial charge is 0.352 e. The number of carbonyl (C=O) groups is 1. The fourth-order valence-electron chi connectivity index (χ4n) is 1.46. The van der Waals surface area contributed by atoms with Crippen LogP contribution in [0.3, 0.4) is 0 Å². The Kier molecular flexibility index (Phi) is 5.54. The van der Waals surface area contributed by atoms with Crippen molar-refractivity contribution in [3.05, 3.63) is 29.6 Å². The fourth-order valence-corrected chi connectivity index (χ4v) is 1.46. The van der Waals surface area contributed by atoms with Gasteiger partial charge in [-0.05, 0) is 25.5 Å². The van der Waals surface area contributed by atoms with Crippen molar-refractivity contribution >= 4 is 5.91 Å². The van der Waals surface area contributed by atoms with Gasteiger partial charge in [-0.15, -0.1) is 0 Å². The molecule has 0 spiro atoms. The van der Waals surface area contributed by atoms with E-state index in [-0.39, 0.29) is 5.91 Å². The summed E-state index contributed by atoms with van der Waals surface area (Å²) < 4.78 is 0. The second-order valence-electron chi connectivity index (χ2n) is 4.00. The van der Waals surface area contributed by atoms with Gasteiger partial charge in [0.15, 0.2) is 0 Å². The normalized spacial score (nSPS) is 10.1. The summed E-state index contributed by atoms with van der Waals surface area (Å²) in [5, 5.41) is 2.90. The van der Waals surface area contributed by atoms with E-state index in [0.717, 1.165) is 18.7 Å². The minimum Gasteiger partial charge on any atom is -0.352 e. The first kappa shape index (κ1) is 12.7. The first-order valence-corrected chi connectivity index (χ1v) is 5.95. The molecular formula is C13H20N2O. The third-order valence-corrected chi connectivity index (χ3v) is 2.49. The zero-order valence-corrected chi connectivity index (χ0v) is 10.1. The van der Waals surface area contributed by atoms with Gasteiger partial charge >= 0.3 is 0 Å². The highest BCUT2D eigenvalue weighted by Crippen LogP contribution is 2.00. The Balaban J connectivity index is 2.27. The van der Waals surface area contributed by atoms with Crippen LogP contribution in [0.5, 0.6) is 0 Å². The molecule has 16 heavy (non-hydrogen) atoms. The summed E-state index contributed by atoms with van der Waals surface area (Å²) in [4.78, 5) is 15.7. The molecule has 88 valence electrons. The summed E-state index contributed by atoms with van der Waals surface area (Å²) in [5.41, 5.74) is 1.57. The van der Waals surface area contributed by atoms with Gasteiger partial charge in [0.1, 0.15) is 0 Å². The summed E-state index contributed by atoms with van der Waals surface area (Å²) in [6, 6.07) is 3.66. The van der Waals surface area contributed by atoms with Gasteiger partial charge in [-0.25, -0.2) is 0 Å². The lowest BCUT2D eigenvalue weighted by molar-refractivity contribution is 0.0952. The molecule has 1 aromatic rings. The monoisotopic (exact) mass is 220 g/mol. The summed E-state index contributed by atoms with van der Waals surface area (Å²) in [6.45, 7) is 4.84. The Morgan fingerprint density at radius 1 is 1.31 bits per heavy atom. The van der Waals surface area contributed by atoms with E-state index in [2.05, 4.69) is 17.2 Å². The molecule has 0 atom stereocenters. The highest BCUT2D eigenvalue weighted by molar-refractivity contribution is 5.93. The van der Waals surface area contributed by atoms with Gasteiger partial charge in [0.25, 0.3) is 5.91 Å². The van der Waals surface area contributed by atoms with Crippen LogP contribution in [0.1, 0.15) is 48.7 Å². The molecule has 0 radical (unpaired) electrons. The lowest BCUT2D eigenvalue weighted by Gasteiger charge is -2.04. The smallest absolute Gasteiger partial charge is 0.252 e. The molecule has 3 nitrogen and oxygen atoms in total. The molecular weight excluding hydrogens is 200 g/mol. The summed E-state index contributed by atoms with van der Waals surface area (Å²) >= 11 is 0. The molecule has 1 aromatic heterocycles.